The van der Waals surface area contributed by atoms with Gasteiger partial charge in [0.1, 0.15) is 0 Å². The normalized spacial score (nSPS) is 14.4. The van der Waals surface area contributed by atoms with Gasteiger partial charge >= 0.3 is 0 Å². The van der Waals surface area contributed by atoms with Crippen molar-refractivity contribution in [2.24, 2.45) is 0 Å². The summed E-state index contributed by atoms with van der Waals surface area (Å²) in [6.45, 7) is 0.598. The number of hydrogen-bond acceptors (Lipinski definition) is 3. The molecule has 0 atom stereocenters. The van der Waals surface area contributed by atoms with Crippen LogP contribution in [0.1, 0.15) is 22.3 Å². The van der Waals surface area contributed by atoms with Gasteiger partial charge in [-0.05, 0) is 34.8 Å². The fraction of sp³-hybridized carbons (Fsp3) is 0.300. The summed E-state index contributed by atoms with van der Waals surface area (Å²) in [4.78, 5) is 10.8. The van der Waals surface area contributed by atoms with Crippen molar-refractivity contribution in [3.63, 3.8) is 0 Å². The highest BCUT2D eigenvalue weighted by Gasteiger charge is 2.20. The van der Waals surface area contributed by atoms with Crippen molar-refractivity contribution in [1.29, 1.82) is 0 Å². The number of halogens is 1. The molecule has 74 valence electrons. The van der Waals surface area contributed by atoms with Crippen LogP contribution in [0.2, 0.25) is 0 Å². The summed E-state index contributed by atoms with van der Waals surface area (Å²) in [5.41, 5.74) is 1.38. The Hall–Kier alpha value is -1.03. The van der Waals surface area contributed by atoms with Crippen LogP contribution < -0.4 is 4.74 Å². The molecule has 0 saturated heterocycles. The van der Waals surface area contributed by atoms with Crippen LogP contribution >= 0.6 is 15.9 Å². The molecule has 0 fully saturated rings. The molecule has 0 bridgehead atoms. The molecule has 0 radical (unpaired) electrons. The van der Waals surface area contributed by atoms with Gasteiger partial charge in [0.25, 0.3) is 0 Å². The molecule has 1 aliphatic heterocycles. The zero-order valence-electron chi connectivity index (χ0n) is 7.42. The van der Waals surface area contributed by atoms with Crippen LogP contribution in [0, 0.1) is 0 Å². The molecule has 1 aliphatic rings. The Bertz CT molecular complexity index is 387. The number of fused-ring (bicyclic) bond motifs is 1. The van der Waals surface area contributed by atoms with Crippen molar-refractivity contribution in [2.75, 3.05) is 6.61 Å². The van der Waals surface area contributed by atoms with Gasteiger partial charge in [-0.2, -0.15) is 0 Å². The number of carbonyl (C=O) groups excluding carboxylic acids is 1. The maximum Gasteiger partial charge on any atom is 0.164 e. The zero-order chi connectivity index (χ0) is 10.1. The molecular formula is C10H9BrO3. The second kappa shape index (κ2) is 3.61. The topological polar surface area (TPSA) is 46.5 Å². The van der Waals surface area contributed by atoms with Crippen molar-refractivity contribution in [1.82, 2.24) is 0 Å². The number of phenolic OH excluding ortho intramolecular Hbond substituents is 1. The van der Waals surface area contributed by atoms with E-state index in [4.69, 9.17) is 4.74 Å². The van der Waals surface area contributed by atoms with Crippen LogP contribution in [0.5, 0.6) is 11.5 Å². The number of aromatic hydroxyl groups is 1. The third-order valence-corrected chi connectivity index (χ3v) is 2.94. The van der Waals surface area contributed by atoms with Gasteiger partial charge in [-0.25, -0.2) is 0 Å². The Morgan fingerprint density at radius 1 is 1.57 bits per heavy atom. The van der Waals surface area contributed by atoms with Crippen molar-refractivity contribution in [2.45, 2.75) is 12.8 Å². The Balaban J connectivity index is 2.67. The molecule has 1 aromatic carbocycles. The molecule has 2 rings (SSSR count). The summed E-state index contributed by atoms with van der Waals surface area (Å²) in [6.07, 6.45) is 2.44. The molecule has 4 heteroatoms. The highest BCUT2D eigenvalue weighted by Crippen LogP contribution is 2.39. The third kappa shape index (κ3) is 1.39. The summed E-state index contributed by atoms with van der Waals surface area (Å²) < 4.78 is 5.94. The fourth-order valence-electron chi connectivity index (χ4n) is 1.64. The quantitative estimate of drug-likeness (QED) is 0.785. The van der Waals surface area contributed by atoms with E-state index in [0.717, 1.165) is 24.7 Å². The van der Waals surface area contributed by atoms with E-state index in [2.05, 4.69) is 15.9 Å². The van der Waals surface area contributed by atoms with E-state index >= 15 is 0 Å². The molecule has 1 N–H and O–H groups in total. The number of carbonyl (C=O) groups is 1. The van der Waals surface area contributed by atoms with Gasteiger partial charge in [-0.3, -0.25) is 4.79 Å². The van der Waals surface area contributed by atoms with Crippen molar-refractivity contribution in [3.05, 3.63) is 21.7 Å². The number of hydrogen-bond donors (Lipinski definition) is 1. The lowest BCUT2D eigenvalue weighted by Gasteiger charge is -2.20. The van der Waals surface area contributed by atoms with Crippen molar-refractivity contribution in [3.8, 4) is 11.5 Å². The van der Waals surface area contributed by atoms with E-state index in [1.54, 1.807) is 0 Å². The largest absolute Gasteiger partial charge is 0.504 e. The standard InChI is InChI=1S/C10H9BrO3/c11-8-4-9(13)10-6(7(8)5-12)2-1-3-14-10/h4-5,13H,1-3H2. The Kier molecular flexibility index (Phi) is 2.46. The van der Waals surface area contributed by atoms with E-state index in [0.29, 0.717) is 22.4 Å². The van der Waals surface area contributed by atoms with E-state index in [-0.39, 0.29) is 5.75 Å². The zero-order valence-corrected chi connectivity index (χ0v) is 9.00. The number of benzene rings is 1. The van der Waals surface area contributed by atoms with Crippen LogP contribution in [0.3, 0.4) is 0 Å². The Labute approximate surface area is 89.8 Å². The summed E-state index contributed by atoms with van der Waals surface area (Å²) in [6, 6.07) is 1.49. The molecule has 14 heavy (non-hydrogen) atoms. The Morgan fingerprint density at radius 2 is 2.36 bits per heavy atom. The minimum Gasteiger partial charge on any atom is -0.504 e. The van der Waals surface area contributed by atoms with Gasteiger partial charge in [0.05, 0.1) is 6.61 Å². The maximum atomic E-state index is 10.8. The number of rotatable bonds is 1. The fourth-order valence-corrected chi connectivity index (χ4v) is 2.19. The van der Waals surface area contributed by atoms with E-state index in [1.165, 1.54) is 6.07 Å². The monoisotopic (exact) mass is 256 g/mol. The smallest absolute Gasteiger partial charge is 0.164 e. The highest BCUT2D eigenvalue weighted by atomic mass is 79.9. The van der Waals surface area contributed by atoms with Gasteiger partial charge in [-0.15, -0.1) is 0 Å². The van der Waals surface area contributed by atoms with Crippen LogP contribution in [-0.4, -0.2) is 18.0 Å². The molecule has 0 aliphatic carbocycles. The van der Waals surface area contributed by atoms with E-state index in [1.807, 2.05) is 0 Å². The lowest BCUT2D eigenvalue weighted by Crippen LogP contribution is -2.11. The molecule has 0 unspecified atom stereocenters. The minimum absolute atomic E-state index is 0.0946. The molecule has 1 heterocycles. The number of phenols is 1. The summed E-state index contributed by atoms with van der Waals surface area (Å²) >= 11 is 3.24. The maximum absolute atomic E-state index is 10.8. The third-order valence-electron chi connectivity index (χ3n) is 2.29. The van der Waals surface area contributed by atoms with Gasteiger partial charge in [0, 0.05) is 15.6 Å². The summed E-state index contributed by atoms with van der Waals surface area (Å²) in [5.74, 6) is 0.554. The molecule has 0 saturated carbocycles. The van der Waals surface area contributed by atoms with Crippen LogP contribution in [0.25, 0.3) is 0 Å². The number of ether oxygens (including phenoxy) is 1. The van der Waals surface area contributed by atoms with Crippen molar-refractivity contribution < 1.29 is 14.6 Å². The first-order chi connectivity index (χ1) is 6.74. The predicted octanol–water partition coefficient (Wildman–Crippen LogP) is 2.29. The van der Waals surface area contributed by atoms with Gasteiger partial charge in [0.15, 0.2) is 17.8 Å². The summed E-state index contributed by atoms with van der Waals surface area (Å²) in [7, 11) is 0. The summed E-state index contributed by atoms with van der Waals surface area (Å²) in [5, 5.41) is 9.59. The molecule has 0 aromatic heterocycles. The minimum atomic E-state index is 0.0946. The highest BCUT2D eigenvalue weighted by molar-refractivity contribution is 9.10. The molecule has 0 spiro atoms. The van der Waals surface area contributed by atoms with Crippen LogP contribution in [-0.2, 0) is 6.42 Å². The lowest BCUT2D eigenvalue weighted by molar-refractivity contribution is 0.112. The average molecular weight is 257 g/mol. The van der Waals surface area contributed by atoms with E-state index in [9.17, 15) is 9.90 Å². The first-order valence-corrected chi connectivity index (χ1v) is 5.15. The SMILES string of the molecule is O=Cc1c(Br)cc(O)c2c1CCCO2. The average Bonchev–Trinajstić information content (AvgIpc) is 2.18. The van der Waals surface area contributed by atoms with Gasteiger partial charge in [0.2, 0.25) is 0 Å². The van der Waals surface area contributed by atoms with Crippen molar-refractivity contribution >= 4 is 22.2 Å². The van der Waals surface area contributed by atoms with Crippen LogP contribution in [0.15, 0.2) is 10.5 Å². The van der Waals surface area contributed by atoms with Crippen LogP contribution in [0.4, 0.5) is 0 Å². The molecule has 3 nitrogen and oxygen atoms in total. The molecular weight excluding hydrogens is 248 g/mol. The molecule has 1 aromatic rings. The number of aldehydes is 1. The lowest BCUT2D eigenvalue weighted by atomic mass is 10.0. The predicted molar refractivity (Wildman–Crippen MR) is 55.0 cm³/mol. The molecule has 0 amide bonds. The second-order valence-electron chi connectivity index (χ2n) is 3.17. The Morgan fingerprint density at radius 3 is 3.07 bits per heavy atom. The van der Waals surface area contributed by atoms with E-state index < -0.39 is 0 Å². The second-order valence-corrected chi connectivity index (χ2v) is 4.02. The van der Waals surface area contributed by atoms with Gasteiger partial charge in [-0.1, -0.05) is 0 Å². The van der Waals surface area contributed by atoms with Gasteiger partial charge < -0.3 is 9.84 Å². The first-order valence-electron chi connectivity index (χ1n) is 4.36. The first kappa shape index (κ1) is 9.52.